The molecule has 0 spiro atoms. The predicted octanol–water partition coefficient (Wildman–Crippen LogP) is -0.618. The molecule has 0 aromatic carbocycles. The summed E-state index contributed by atoms with van der Waals surface area (Å²) in [4.78, 5) is 8.36. The Morgan fingerprint density at radius 1 is 1.80 bits per heavy atom. The van der Waals surface area contributed by atoms with E-state index >= 15 is 0 Å². The maximum absolute atomic E-state index is 8.36. The molecule has 0 radical (unpaired) electrons. The van der Waals surface area contributed by atoms with Crippen molar-refractivity contribution >= 4 is 0 Å². The molecule has 0 saturated carbocycles. The van der Waals surface area contributed by atoms with Gasteiger partial charge in [-0.15, -0.1) is 10.1 Å². The third-order valence-electron chi connectivity index (χ3n) is 0. The van der Waals surface area contributed by atoms with Crippen molar-refractivity contribution in [3.8, 4) is 0 Å². The van der Waals surface area contributed by atoms with Crippen LogP contribution in [-0.2, 0) is 27.7 Å². The SMILES string of the molecule is O=[N+]([O-])O.[HgH]. The zero-order valence-corrected chi connectivity index (χ0v) is 10.5. The van der Waals surface area contributed by atoms with Crippen molar-refractivity contribution in [1.29, 1.82) is 0 Å². The van der Waals surface area contributed by atoms with Gasteiger partial charge in [-0.3, -0.25) is 0 Å². The number of hydrogen-bond acceptors (Lipinski definition) is 2. The summed E-state index contributed by atoms with van der Waals surface area (Å²) in [5.41, 5.74) is 0. The van der Waals surface area contributed by atoms with Gasteiger partial charge < -0.3 is 5.21 Å². The second kappa shape index (κ2) is 4.14. The van der Waals surface area contributed by atoms with E-state index < -0.39 is 5.09 Å². The number of rotatable bonds is 0. The van der Waals surface area contributed by atoms with Crippen LogP contribution in [0.5, 0.6) is 0 Å². The molecule has 0 heterocycles. The molecule has 0 unspecified atom stereocenters. The van der Waals surface area contributed by atoms with Crippen molar-refractivity contribution in [2.24, 2.45) is 0 Å². The van der Waals surface area contributed by atoms with E-state index in [0.717, 1.165) is 0 Å². The molecule has 5 heavy (non-hydrogen) atoms. The van der Waals surface area contributed by atoms with Crippen molar-refractivity contribution in [1.82, 2.24) is 0 Å². The van der Waals surface area contributed by atoms with Crippen molar-refractivity contribution in [3.05, 3.63) is 10.1 Å². The maximum atomic E-state index is 8.36. The van der Waals surface area contributed by atoms with E-state index in [4.69, 9.17) is 15.3 Å². The fraction of sp³-hybridized carbons (Fsp3) is 0. The molecular formula is H2HgNO3. The van der Waals surface area contributed by atoms with Gasteiger partial charge in [0, 0.05) is 0 Å². The molecule has 0 aliphatic rings. The third kappa shape index (κ3) is 1030. The standard InChI is InChI=1S/Hg.HNO3.H/c;2-1(3)4;/h;(H,2,3,4);. The molecule has 4 nitrogen and oxygen atoms in total. The van der Waals surface area contributed by atoms with Crippen LogP contribution in [0.15, 0.2) is 0 Å². The van der Waals surface area contributed by atoms with Crippen LogP contribution >= 0.6 is 0 Å². The zero-order valence-electron chi connectivity index (χ0n) is 2.71. The Bertz CT molecular complexity index is 29.9. The van der Waals surface area contributed by atoms with Crippen LogP contribution in [0.4, 0.5) is 0 Å². The van der Waals surface area contributed by atoms with Crippen molar-refractivity contribution in [3.63, 3.8) is 0 Å². The molecule has 0 saturated heterocycles. The normalized spacial score (nSPS) is 4.80. The summed E-state index contributed by atoms with van der Waals surface area (Å²) < 4.78 is 0. The minimum atomic E-state index is -1.50. The van der Waals surface area contributed by atoms with Gasteiger partial charge in [-0.2, -0.15) is 0 Å². The van der Waals surface area contributed by atoms with Crippen LogP contribution < -0.4 is 0 Å². The van der Waals surface area contributed by atoms with Crippen LogP contribution in [0.3, 0.4) is 0 Å². The summed E-state index contributed by atoms with van der Waals surface area (Å²) in [6.07, 6.45) is 0. The molecule has 0 aliphatic carbocycles. The van der Waals surface area contributed by atoms with Crippen molar-refractivity contribution in [2.45, 2.75) is 0 Å². The van der Waals surface area contributed by atoms with Gasteiger partial charge in [-0.05, 0) is 0 Å². The summed E-state index contributed by atoms with van der Waals surface area (Å²) in [7, 11) is 0. The molecule has 0 amide bonds. The first-order chi connectivity index (χ1) is 1.73. The molecule has 27 valence electrons. The van der Waals surface area contributed by atoms with Gasteiger partial charge >= 0.3 is 27.7 Å². The van der Waals surface area contributed by atoms with Gasteiger partial charge in [-0.25, -0.2) is 0 Å². The van der Waals surface area contributed by atoms with E-state index in [9.17, 15) is 0 Å². The monoisotopic (exact) mass is 266 g/mol. The van der Waals surface area contributed by atoms with Crippen LogP contribution in [0.25, 0.3) is 0 Å². The average molecular weight is 265 g/mol. The molecule has 1 N–H and O–H groups in total. The molecule has 0 fully saturated rings. The van der Waals surface area contributed by atoms with Crippen molar-refractivity contribution < 1.29 is 38.0 Å². The Kier molecular flexibility index (Phi) is 7.39. The minimum absolute atomic E-state index is 0. The summed E-state index contributed by atoms with van der Waals surface area (Å²) in [5.74, 6) is 0. The Balaban J connectivity index is 0. The second-order valence-electron chi connectivity index (χ2n) is 0.238. The van der Waals surface area contributed by atoms with Gasteiger partial charge in [0.2, 0.25) is 0 Å². The third-order valence-corrected chi connectivity index (χ3v) is 0. The molecular weight excluding hydrogens is 263 g/mol. The number of nitrogens with zero attached hydrogens (tertiary/aromatic N) is 1. The van der Waals surface area contributed by atoms with E-state index in [1.54, 1.807) is 0 Å². The Hall–Kier alpha value is 0.135. The topological polar surface area (TPSA) is 63.4 Å². The summed E-state index contributed by atoms with van der Waals surface area (Å²) >= 11 is 0. The molecule has 0 aliphatic heterocycles. The molecule has 5 heteroatoms. The van der Waals surface area contributed by atoms with Crippen LogP contribution in [-0.4, -0.2) is 10.3 Å². The first-order valence-corrected chi connectivity index (χ1v) is 0.565. The predicted molar refractivity (Wildman–Crippen MR) is 10.2 cm³/mol. The average Bonchev–Trinajstić information content (AvgIpc) is 0.811. The molecule has 0 aromatic rings. The zero-order chi connectivity index (χ0) is 3.58. The Morgan fingerprint density at radius 2 is 1.80 bits per heavy atom. The fourth-order valence-electron chi connectivity index (χ4n) is 0. The van der Waals surface area contributed by atoms with Crippen molar-refractivity contribution in [2.75, 3.05) is 0 Å². The Morgan fingerprint density at radius 3 is 1.80 bits per heavy atom. The second-order valence-corrected chi connectivity index (χ2v) is 0.238. The first-order valence-electron chi connectivity index (χ1n) is 0.565. The van der Waals surface area contributed by atoms with E-state index in [1.165, 1.54) is 0 Å². The summed E-state index contributed by atoms with van der Waals surface area (Å²) in [6, 6.07) is 0. The fourth-order valence-corrected chi connectivity index (χ4v) is 0. The first kappa shape index (κ1) is 8.93. The van der Waals surface area contributed by atoms with E-state index in [0.29, 0.717) is 0 Å². The van der Waals surface area contributed by atoms with Gasteiger partial charge in [0.05, 0.1) is 0 Å². The quantitative estimate of drug-likeness (QED) is 0.360. The van der Waals surface area contributed by atoms with Crippen LogP contribution in [0.2, 0.25) is 0 Å². The Labute approximate surface area is 48.4 Å². The van der Waals surface area contributed by atoms with Gasteiger partial charge in [0.15, 0.2) is 0 Å². The molecule has 0 rings (SSSR count). The van der Waals surface area contributed by atoms with E-state index in [-0.39, 0.29) is 27.7 Å². The molecule has 0 atom stereocenters. The summed E-state index contributed by atoms with van der Waals surface area (Å²) in [6.45, 7) is 0. The van der Waals surface area contributed by atoms with Crippen LogP contribution in [0.1, 0.15) is 0 Å². The molecule has 0 aromatic heterocycles. The number of hydrogen-bond donors (Lipinski definition) is 1. The van der Waals surface area contributed by atoms with Gasteiger partial charge in [0.25, 0.3) is 5.09 Å². The van der Waals surface area contributed by atoms with E-state index in [1.807, 2.05) is 0 Å². The summed E-state index contributed by atoms with van der Waals surface area (Å²) in [5, 5.41) is 13.6. The van der Waals surface area contributed by atoms with Gasteiger partial charge in [0.1, 0.15) is 0 Å². The van der Waals surface area contributed by atoms with E-state index in [2.05, 4.69) is 0 Å². The van der Waals surface area contributed by atoms with Gasteiger partial charge in [-0.1, -0.05) is 0 Å². The van der Waals surface area contributed by atoms with Crippen LogP contribution in [0, 0.1) is 10.1 Å². The molecule has 0 bridgehead atoms.